The molecular weight excluding hydrogens is 368 g/mol. The van der Waals surface area contributed by atoms with E-state index >= 15 is 0 Å². The van der Waals surface area contributed by atoms with Crippen molar-refractivity contribution in [3.8, 4) is 11.5 Å². The second-order valence-corrected chi connectivity index (χ2v) is 7.22. The third kappa shape index (κ3) is 3.21. The van der Waals surface area contributed by atoms with Gasteiger partial charge in [0.1, 0.15) is 5.54 Å². The summed E-state index contributed by atoms with van der Waals surface area (Å²) in [5.74, 6) is 0.927. The smallest absolute Gasteiger partial charge is 0.325 e. The Hall–Kier alpha value is -2.73. The largest absolute Gasteiger partial charge is 0.490 e. The van der Waals surface area contributed by atoms with E-state index in [9.17, 15) is 9.59 Å². The molecule has 0 radical (unpaired) electrons. The van der Waals surface area contributed by atoms with E-state index in [1.165, 1.54) is 4.90 Å². The Labute approximate surface area is 162 Å². The topological polar surface area (TPSA) is 67.9 Å². The Kier molecular flexibility index (Phi) is 4.44. The van der Waals surface area contributed by atoms with Gasteiger partial charge in [-0.2, -0.15) is 0 Å². The van der Waals surface area contributed by atoms with Crippen LogP contribution >= 0.6 is 11.6 Å². The standard InChI is InChI=1S/C20H19ClN2O4/c1-20(14-5-8-16-17(11-14)27-10-2-9-26-16)18(24)23(19(25)22-20)12-13-3-6-15(21)7-4-13/h3-8,11H,2,9-10,12H2,1H3,(H,22,25)/t20-/m0/s1. The second-order valence-electron chi connectivity index (χ2n) is 6.78. The number of urea groups is 1. The third-order valence-corrected chi connectivity index (χ3v) is 5.11. The number of imide groups is 1. The molecular formula is C20H19ClN2O4. The van der Waals surface area contributed by atoms with E-state index in [0.29, 0.717) is 35.3 Å². The van der Waals surface area contributed by atoms with Crippen LogP contribution < -0.4 is 14.8 Å². The molecule has 2 aromatic rings. The quantitative estimate of drug-likeness (QED) is 0.820. The molecule has 6 nitrogen and oxygen atoms in total. The number of halogens is 1. The molecule has 27 heavy (non-hydrogen) atoms. The van der Waals surface area contributed by atoms with Gasteiger partial charge in [0.25, 0.3) is 5.91 Å². The van der Waals surface area contributed by atoms with Crippen molar-refractivity contribution >= 4 is 23.5 Å². The van der Waals surface area contributed by atoms with Crippen molar-refractivity contribution in [1.82, 2.24) is 10.2 Å². The fourth-order valence-corrected chi connectivity index (χ4v) is 3.41. The number of ether oxygens (including phenoxy) is 2. The van der Waals surface area contributed by atoms with E-state index < -0.39 is 11.6 Å². The Morgan fingerprint density at radius 3 is 2.52 bits per heavy atom. The van der Waals surface area contributed by atoms with E-state index in [2.05, 4.69) is 5.32 Å². The Morgan fingerprint density at radius 2 is 1.78 bits per heavy atom. The average Bonchev–Trinajstić information content (AvgIpc) is 2.84. The van der Waals surface area contributed by atoms with Crippen LogP contribution in [0.2, 0.25) is 5.02 Å². The summed E-state index contributed by atoms with van der Waals surface area (Å²) in [6.45, 7) is 3.03. The molecule has 0 saturated carbocycles. The highest BCUT2D eigenvalue weighted by Crippen LogP contribution is 2.37. The summed E-state index contributed by atoms with van der Waals surface area (Å²) in [5.41, 5.74) is 0.323. The highest BCUT2D eigenvalue weighted by atomic mass is 35.5. The summed E-state index contributed by atoms with van der Waals surface area (Å²) in [7, 11) is 0. The first-order chi connectivity index (χ1) is 13.0. The molecule has 0 aromatic heterocycles. The Morgan fingerprint density at radius 1 is 1.07 bits per heavy atom. The van der Waals surface area contributed by atoms with Crippen LogP contribution in [0.3, 0.4) is 0 Å². The fraction of sp³-hybridized carbons (Fsp3) is 0.300. The van der Waals surface area contributed by atoms with Gasteiger partial charge in [-0.1, -0.05) is 29.8 Å². The van der Waals surface area contributed by atoms with Crippen LogP contribution in [0.25, 0.3) is 0 Å². The highest BCUT2D eigenvalue weighted by Gasteiger charge is 2.49. The SMILES string of the molecule is C[C@@]1(c2ccc3c(c2)OCCCO3)NC(=O)N(Cc2ccc(Cl)cc2)C1=O. The predicted octanol–water partition coefficient (Wildman–Crippen LogP) is 3.47. The first kappa shape index (κ1) is 17.7. The summed E-state index contributed by atoms with van der Waals surface area (Å²) in [5, 5.41) is 3.42. The van der Waals surface area contributed by atoms with Crippen LogP contribution in [0.15, 0.2) is 42.5 Å². The lowest BCUT2D eigenvalue weighted by Crippen LogP contribution is -2.40. The van der Waals surface area contributed by atoms with E-state index in [1.54, 1.807) is 49.4 Å². The van der Waals surface area contributed by atoms with Gasteiger partial charge in [-0.15, -0.1) is 0 Å². The molecule has 1 fully saturated rings. The van der Waals surface area contributed by atoms with Gasteiger partial charge in [0.2, 0.25) is 0 Å². The van der Waals surface area contributed by atoms with Crippen LogP contribution in [0, 0.1) is 0 Å². The van der Waals surface area contributed by atoms with Gasteiger partial charge in [0, 0.05) is 11.4 Å². The minimum atomic E-state index is -1.16. The maximum Gasteiger partial charge on any atom is 0.325 e. The molecule has 4 rings (SSSR count). The lowest BCUT2D eigenvalue weighted by atomic mass is 9.91. The molecule has 0 spiro atoms. The van der Waals surface area contributed by atoms with Crippen molar-refractivity contribution in [3.63, 3.8) is 0 Å². The lowest BCUT2D eigenvalue weighted by molar-refractivity contribution is -0.131. The molecule has 140 valence electrons. The molecule has 0 aliphatic carbocycles. The van der Waals surface area contributed by atoms with Crippen LogP contribution in [0.1, 0.15) is 24.5 Å². The van der Waals surface area contributed by atoms with E-state index in [-0.39, 0.29) is 12.5 Å². The normalized spacial score (nSPS) is 21.8. The van der Waals surface area contributed by atoms with Gasteiger partial charge in [0.15, 0.2) is 11.5 Å². The number of benzene rings is 2. The van der Waals surface area contributed by atoms with Crippen molar-refractivity contribution in [2.24, 2.45) is 0 Å². The van der Waals surface area contributed by atoms with Gasteiger partial charge in [0.05, 0.1) is 19.8 Å². The number of fused-ring (bicyclic) bond motifs is 1. The first-order valence-corrected chi connectivity index (χ1v) is 9.14. The number of carbonyl (C=O) groups is 2. The number of rotatable bonds is 3. The molecule has 2 aliphatic heterocycles. The number of amides is 3. The zero-order valence-electron chi connectivity index (χ0n) is 14.8. The molecule has 2 aromatic carbocycles. The van der Waals surface area contributed by atoms with Crippen molar-refractivity contribution in [2.45, 2.75) is 25.4 Å². The maximum atomic E-state index is 13.1. The minimum absolute atomic E-state index is 0.183. The number of carbonyl (C=O) groups excluding carboxylic acids is 2. The summed E-state index contributed by atoms with van der Waals surface area (Å²) < 4.78 is 11.4. The molecule has 1 N–H and O–H groups in total. The summed E-state index contributed by atoms with van der Waals surface area (Å²) in [6, 6.07) is 12.0. The summed E-state index contributed by atoms with van der Waals surface area (Å²) in [6.07, 6.45) is 0.797. The zero-order chi connectivity index (χ0) is 19.0. The fourth-order valence-electron chi connectivity index (χ4n) is 3.28. The first-order valence-electron chi connectivity index (χ1n) is 8.76. The molecule has 1 saturated heterocycles. The van der Waals surface area contributed by atoms with Crippen LogP contribution in [-0.2, 0) is 16.9 Å². The summed E-state index contributed by atoms with van der Waals surface area (Å²) in [4.78, 5) is 26.8. The minimum Gasteiger partial charge on any atom is -0.490 e. The molecule has 0 bridgehead atoms. The van der Waals surface area contributed by atoms with Crippen LogP contribution in [0.5, 0.6) is 11.5 Å². The summed E-state index contributed by atoms with van der Waals surface area (Å²) >= 11 is 5.90. The zero-order valence-corrected chi connectivity index (χ0v) is 15.6. The molecule has 3 amide bonds. The van der Waals surface area contributed by atoms with Crippen molar-refractivity contribution in [3.05, 3.63) is 58.6 Å². The predicted molar refractivity (Wildman–Crippen MR) is 99.9 cm³/mol. The van der Waals surface area contributed by atoms with Gasteiger partial charge < -0.3 is 14.8 Å². The van der Waals surface area contributed by atoms with Crippen molar-refractivity contribution < 1.29 is 19.1 Å². The number of nitrogens with zero attached hydrogens (tertiary/aromatic N) is 1. The Bertz CT molecular complexity index is 899. The lowest BCUT2D eigenvalue weighted by Gasteiger charge is -2.23. The Balaban J connectivity index is 1.61. The van der Waals surface area contributed by atoms with Crippen molar-refractivity contribution in [1.29, 1.82) is 0 Å². The van der Waals surface area contributed by atoms with Gasteiger partial charge in [-0.25, -0.2) is 4.79 Å². The van der Waals surface area contributed by atoms with E-state index in [0.717, 1.165) is 12.0 Å². The van der Waals surface area contributed by atoms with Gasteiger partial charge in [-0.05, 0) is 42.3 Å². The van der Waals surface area contributed by atoms with Gasteiger partial charge in [-0.3, -0.25) is 9.69 Å². The van der Waals surface area contributed by atoms with E-state index in [4.69, 9.17) is 21.1 Å². The molecule has 0 unspecified atom stereocenters. The van der Waals surface area contributed by atoms with Gasteiger partial charge >= 0.3 is 6.03 Å². The third-order valence-electron chi connectivity index (χ3n) is 4.85. The molecule has 2 aliphatic rings. The second kappa shape index (κ2) is 6.78. The number of hydrogen-bond donors (Lipinski definition) is 1. The van der Waals surface area contributed by atoms with Crippen LogP contribution in [0.4, 0.5) is 4.79 Å². The molecule has 1 atom stereocenters. The van der Waals surface area contributed by atoms with E-state index in [1.807, 2.05) is 0 Å². The highest BCUT2D eigenvalue weighted by molar-refractivity contribution is 6.30. The average molecular weight is 387 g/mol. The maximum absolute atomic E-state index is 13.1. The number of hydrogen-bond acceptors (Lipinski definition) is 4. The van der Waals surface area contributed by atoms with Crippen molar-refractivity contribution in [2.75, 3.05) is 13.2 Å². The number of nitrogens with one attached hydrogen (secondary N) is 1. The van der Waals surface area contributed by atoms with Crippen LogP contribution in [-0.4, -0.2) is 30.1 Å². The monoisotopic (exact) mass is 386 g/mol. The molecule has 7 heteroatoms. The molecule has 2 heterocycles.